The molecule has 54 valence electrons. The molecule has 1 unspecified atom stereocenters. The van der Waals surface area contributed by atoms with E-state index >= 15 is 0 Å². The van der Waals surface area contributed by atoms with Crippen molar-refractivity contribution >= 4 is 5.97 Å². The van der Waals surface area contributed by atoms with Crippen molar-refractivity contribution in [1.29, 1.82) is 0 Å². The van der Waals surface area contributed by atoms with Crippen molar-refractivity contribution in [2.24, 2.45) is 5.92 Å². The van der Waals surface area contributed by atoms with Crippen LogP contribution in [0.2, 0.25) is 0 Å². The van der Waals surface area contributed by atoms with Gasteiger partial charge in [-0.05, 0) is 13.3 Å². The third-order valence-electron chi connectivity index (χ3n) is 1.38. The minimum atomic E-state index is -0.940. The molecule has 3 nitrogen and oxygen atoms in total. The summed E-state index contributed by atoms with van der Waals surface area (Å²) in [5.74, 6) is -1.58. The summed E-state index contributed by atoms with van der Waals surface area (Å²) in [6, 6.07) is 0. The number of rotatable bonds is 3. The lowest BCUT2D eigenvalue weighted by molar-refractivity contribution is -0.144. The van der Waals surface area contributed by atoms with Gasteiger partial charge in [-0.25, -0.2) is 0 Å². The van der Waals surface area contributed by atoms with Crippen molar-refractivity contribution in [1.82, 2.24) is 0 Å². The maximum atomic E-state index is 10.1. The zero-order chi connectivity index (χ0) is 7.44. The quantitative estimate of drug-likeness (QED) is 0.587. The predicted octanol–water partition coefficient (Wildman–Crippen LogP) is 0.478. The molecule has 0 aliphatic rings. The van der Waals surface area contributed by atoms with Crippen LogP contribution in [0.25, 0.3) is 0 Å². The van der Waals surface area contributed by atoms with Gasteiger partial charge in [0.1, 0.15) is 0 Å². The first-order valence-electron chi connectivity index (χ1n) is 3.00. The van der Waals surface area contributed by atoms with Gasteiger partial charge >= 0.3 is 5.97 Å². The molecule has 2 atom stereocenters. The van der Waals surface area contributed by atoms with Crippen molar-refractivity contribution in [3.05, 3.63) is 0 Å². The fraction of sp³-hybridized carbons (Fsp3) is 0.833. The van der Waals surface area contributed by atoms with Crippen LogP contribution >= 0.6 is 0 Å². The van der Waals surface area contributed by atoms with Crippen molar-refractivity contribution in [2.75, 3.05) is 0 Å². The summed E-state index contributed by atoms with van der Waals surface area (Å²) in [5, 5.41) is 17.2. The standard InChI is InChI=1S/C6H12O3/c1-3-5(7)4(2)6(8)9/h4-5,7H,3H2,1-2H3,(H,8,9)/t4-,5?/m0/s1. The summed E-state index contributed by atoms with van der Waals surface area (Å²) in [5.41, 5.74) is 0. The third-order valence-corrected chi connectivity index (χ3v) is 1.38. The molecule has 3 heteroatoms. The van der Waals surface area contributed by atoms with E-state index in [1.807, 2.05) is 0 Å². The second-order valence-corrected chi connectivity index (χ2v) is 2.10. The Hall–Kier alpha value is -0.570. The molecule has 0 amide bonds. The van der Waals surface area contributed by atoms with Gasteiger partial charge in [-0.2, -0.15) is 0 Å². The van der Waals surface area contributed by atoms with E-state index in [0.717, 1.165) is 0 Å². The Morgan fingerprint density at radius 3 is 2.22 bits per heavy atom. The maximum absolute atomic E-state index is 10.1. The molecule has 2 N–H and O–H groups in total. The Balaban J connectivity index is 3.72. The van der Waals surface area contributed by atoms with Crippen LogP contribution in [0.3, 0.4) is 0 Å². The van der Waals surface area contributed by atoms with Crippen LogP contribution < -0.4 is 0 Å². The SMILES string of the molecule is CCC(O)[C@H](C)C(=O)O. The fourth-order valence-electron chi connectivity index (χ4n) is 0.518. The van der Waals surface area contributed by atoms with Crippen LogP contribution in [0.1, 0.15) is 20.3 Å². The van der Waals surface area contributed by atoms with Gasteiger partial charge in [0.15, 0.2) is 0 Å². The summed E-state index contributed by atoms with van der Waals surface area (Å²) in [6.07, 6.45) is -0.213. The molecule has 0 heterocycles. The molecule has 0 fully saturated rings. The van der Waals surface area contributed by atoms with E-state index in [0.29, 0.717) is 6.42 Å². The summed E-state index contributed by atoms with van der Waals surface area (Å²) < 4.78 is 0. The number of aliphatic hydroxyl groups excluding tert-OH is 1. The molecular formula is C6H12O3. The number of carboxylic acid groups (broad SMARTS) is 1. The zero-order valence-corrected chi connectivity index (χ0v) is 5.66. The molecule has 0 saturated carbocycles. The van der Waals surface area contributed by atoms with Crippen LogP contribution in [-0.4, -0.2) is 22.3 Å². The highest BCUT2D eigenvalue weighted by Gasteiger charge is 2.18. The maximum Gasteiger partial charge on any atom is 0.308 e. The molecule has 0 bridgehead atoms. The topological polar surface area (TPSA) is 57.5 Å². The first-order valence-corrected chi connectivity index (χ1v) is 3.00. The lowest BCUT2D eigenvalue weighted by Gasteiger charge is -2.10. The molecule has 0 aliphatic carbocycles. The molecule has 0 radical (unpaired) electrons. The second kappa shape index (κ2) is 3.45. The Bertz CT molecular complexity index is 100. The number of aliphatic carboxylic acids is 1. The normalized spacial score (nSPS) is 16.8. The Morgan fingerprint density at radius 1 is 1.67 bits per heavy atom. The molecule has 0 rings (SSSR count). The minimum absolute atomic E-state index is 0.494. The fourth-order valence-corrected chi connectivity index (χ4v) is 0.518. The van der Waals surface area contributed by atoms with Gasteiger partial charge in [-0.15, -0.1) is 0 Å². The smallest absolute Gasteiger partial charge is 0.308 e. The van der Waals surface area contributed by atoms with E-state index in [2.05, 4.69) is 0 Å². The highest BCUT2D eigenvalue weighted by molar-refractivity contribution is 5.70. The van der Waals surface area contributed by atoms with Crippen LogP contribution in [0, 0.1) is 5.92 Å². The van der Waals surface area contributed by atoms with Crippen LogP contribution in [0.5, 0.6) is 0 Å². The number of hydrogen-bond donors (Lipinski definition) is 2. The number of aliphatic hydroxyl groups is 1. The molecular weight excluding hydrogens is 120 g/mol. The van der Waals surface area contributed by atoms with Crippen molar-refractivity contribution in [3.8, 4) is 0 Å². The van der Waals surface area contributed by atoms with Crippen LogP contribution in [-0.2, 0) is 4.79 Å². The van der Waals surface area contributed by atoms with Gasteiger partial charge in [0.2, 0.25) is 0 Å². The summed E-state index contributed by atoms with van der Waals surface area (Å²) in [6.45, 7) is 3.25. The van der Waals surface area contributed by atoms with E-state index in [4.69, 9.17) is 10.2 Å². The number of carbonyl (C=O) groups is 1. The number of carboxylic acids is 1. The van der Waals surface area contributed by atoms with Gasteiger partial charge in [-0.3, -0.25) is 4.79 Å². The van der Waals surface area contributed by atoms with Crippen LogP contribution in [0.15, 0.2) is 0 Å². The van der Waals surface area contributed by atoms with E-state index in [9.17, 15) is 4.79 Å². The zero-order valence-electron chi connectivity index (χ0n) is 5.66. The predicted molar refractivity (Wildman–Crippen MR) is 33.1 cm³/mol. The molecule has 0 aliphatic heterocycles. The summed E-state index contributed by atoms with van der Waals surface area (Å²) in [4.78, 5) is 10.1. The molecule has 0 spiro atoms. The summed E-state index contributed by atoms with van der Waals surface area (Å²) in [7, 11) is 0. The second-order valence-electron chi connectivity index (χ2n) is 2.10. The lowest BCUT2D eigenvalue weighted by atomic mass is 10.0. The lowest BCUT2D eigenvalue weighted by Crippen LogP contribution is -2.24. The Kier molecular flexibility index (Phi) is 3.24. The Morgan fingerprint density at radius 2 is 2.11 bits per heavy atom. The van der Waals surface area contributed by atoms with Crippen LogP contribution in [0.4, 0.5) is 0 Å². The van der Waals surface area contributed by atoms with E-state index in [-0.39, 0.29) is 0 Å². The highest BCUT2D eigenvalue weighted by Crippen LogP contribution is 2.05. The van der Waals surface area contributed by atoms with Gasteiger partial charge in [-0.1, -0.05) is 6.92 Å². The number of hydrogen-bond acceptors (Lipinski definition) is 2. The van der Waals surface area contributed by atoms with Crippen molar-refractivity contribution in [3.63, 3.8) is 0 Å². The van der Waals surface area contributed by atoms with Gasteiger partial charge < -0.3 is 10.2 Å². The molecule has 0 saturated heterocycles. The average molecular weight is 132 g/mol. The van der Waals surface area contributed by atoms with Gasteiger partial charge in [0, 0.05) is 0 Å². The van der Waals surface area contributed by atoms with Crippen molar-refractivity contribution in [2.45, 2.75) is 26.4 Å². The van der Waals surface area contributed by atoms with Gasteiger partial charge in [0.05, 0.1) is 12.0 Å². The minimum Gasteiger partial charge on any atom is -0.481 e. The first kappa shape index (κ1) is 8.43. The van der Waals surface area contributed by atoms with Crippen molar-refractivity contribution < 1.29 is 15.0 Å². The molecule has 0 aromatic heterocycles. The molecule has 0 aromatic carbocycles. The Labute approximate surface area is 54.3 Å². The van der Waals surface area contributed by atoms with E-state index in [1.54, 1.807) is 6.92 Å². The monoisotopic (exact) mass is 132 g/mol. The highest BCUT2D eigenvalue weighted by atomic mass is 16.4. The third kappa shape index (κ3) is 2.46. The molecule has 0 aromatic rings. The largest absolute Gasteiger partial charge is 0.481 e. The van der Waals surface area contributed by atoms with E-state index in [1.165, 1.54) is 6.92 Å². The summed E-state index contributed by atoms with van der Waals surface area (Å²) >= 11 is 0. The van der Waals surface area contributed by atoms with Gasteiger partial charge in [0.25, 0.3) is 0 Å². The molecule has 9 heavy (non-hydrogen) atoms. The first-order chi connectivity index (χ1) is 4.09. The average Bonchev–Trinajstić information content (AvgIpc) is 1.84. The van der Waals surface area contributed by atoms with E-state index < -0.39 is 18.0 Å².